The molecule has 2 N–H and O–H groups in total. The van der Waals surface area contributed by atoms with E-state index in [4.69, 9.17) is 4.74 Å². The minimum absolute atomic E-state index is 0.145. The summed E-state index contributed by atoms with van der Waals surface area (Å²) in [6, 6.07) is 5.61. The van der Waals surface area contributed by atoms with E-state index < -0.39 is 0 Å². The standard InChI is InChI=1S/C14H19BrN2O2/c1-10-8-12(2-3-13(10)15)17-14(18)16-9-11-4-6-19-7-5-11/h2-3,8,11H,4-7,9H2,1H3,(H2,16,17,18). The molecule has 1 fully saturated rings. The highest BCUT2D eigenvalue weighted by Crippen LogP contribution is 2.20. The van der Waals surface area contributed by atoms with Gasteiger partial charge >= 0.3 is 6.03 Å². The van der Waals surface area contributed by atoms with Crippen LogP contribution in [-0.4, -0.2) is 25.8 Å². The molecule has 1 aromatic rings. The summed E-state index contributed by atoms with van der Waals surface area (Å²) >= 11 is 3.44. The number of aryl methyl sites for hydroxylation is 1. The van der Waals surface area contributed by atoms with Crippen LogP contribution < -0.4 is 10.6 Å². The quantitative estimate of drug-likeness (QED) is 0.895. The van der Waals surface area contributed by atoms with Crippen LogP contribution in [0.3, 0.4) is 0 Å². The Morgan fingerprint density at radius 1 is 1.42 bits per heavy atom. The number of hydrogen-bond acceptors (Lipinski definition) is 2. The maximum Gasteiger partial charge on any atom is 0.319 e. The van der Waals surface area contributed by atoms with Crippen LogP contribution in [0.4, 0.5) is 10.5 Å². The predicted octanol–water partition coefficient (Wildman–Crippen LogP) is 3.31. The molecule has 0 radical (unpaired) electrons. The van der Waals surface area contributed by atoms with Crippen molar-refractivity contribution in [2.24, 2.45) is 5.92 Å². The third-order valence-electron chi connectivity index (χ3n) is 3.31. The largest absolute Gasteiger partial charge is 0.381 e. The van der Waals surface area contributed by atoms with Crippen molar-refractivity contribution >= 4 is 27.6 Å². The first-order chi connectivity index (χ1) is 9.15. The van der Waals surface area contributed by atoms with Gasteiger partial charge in [0.2, 0.25) is 0 Å². The van der Waals surface area contributed by atoms with E-state index in [2.05, 4.69) is 26.6 Å². The maximum absolute atomic E-state index is 11.8. The lowest BCUT2D eigenvalue weighted by Gasteiger charge is -2.22. The number of nitrogens with one attached hydrogen (secondary N) is 2. The highest BCUT2D eigenvalue weighted by atomic mass is 79.9. The highest BCUT2D eigenvalue weighted by molar-refractivity contribution is 9.10. The number of carbonyl (C=O) groups is 1. The van der Waals surface area contributed by atoms with Crippen molar-refractivity contribution in [1.29, 1.82) is 0 Å². The smallest absolute Gasteiger partial charge is 0.319 e. The Hall–Kier alpha value is -1.07. The van der Waals surface area contributed by atoms with Gasteiger partial charge < -0.3 is 15.4 Å². The van der Waals surface area contributed by atoms with E-state index in [1.165, 1.54) is 0 Å². The zero-order chi connectivity index (χ0) is 13.7. The van der Waals surface area contributed by atoms with Gasteiger partial charge in [-0.1, -0.05) is 15.9 Å². The molecule has 0 unspecified atom stereocenters. The maximum atomic E-state index is 11.8. The number of halogens is 1. The van der Waals surface area contributed by atoms with E-state index in [-0.39, 0.29) is 6.03 Å². The van der Waals surface area contributed by atoms with Crippen LogP contribution in [0.25, 0.3) is 0 Å². The number of carbonyl (C=O) groups excluding carboxylic acids is 1. The molecule has 5 heteroatoms. The van der Waals surface area contributed by atoms with Crippen LogP contribution in [0.5, 0.6) is 0 Å². The van der Waals surface area contributed by atoms with Gasteiger partial charge in [-0.05, 0) is 49.4 Å². The first-order valence-corrected chi connectivity index (χ1v) is 7.33. The molecule has 1 saturated heterocycles. The molecular weight excluding hydrogens is 308 g/mol. The zero-order valence-electron chi connectivity index (χ0n) is 11.0. The zero-order valence-corrected chi connectivity index (χ0v) is 12.6. The second kappa shape index (κ2) is 6.91. The van der Waals surface area contributed by atoms with Crippen molar-refractivity contribution in [3.8, 4) is 0 Å². The number of anilines is 1. The first-order valence-electron chi connectivity index (χ1n) is 6.54. The Bertz CT molecular complexity index is 445. The van der Waals surface area contributed by atoms with Crippen LogP contribution in [-0.2, 0) is 4.74 Å². The Morgan fingerprint density at radius 3 is 2.84 bits per heavy atom. The molecule has 0 bridgehead atoms. The molecule has 2 amide bonds. The minimum Gasteiger partial charge on any atom is -0.381 e. The summed E-state index contributed by atoms with van der Waals surface area (Å²) < 4.78 is 6.34. The number of rotatable bonds is 3. The Labute approximate surface area is 122 Å². The topological polar surface area (TPSA) is 50.4 Å². The fraction of sp³-hybridized carbons (Fsp3) is 0.500. The molecule has 1 aromatic carbocycles. The number of ether oxygens (including phenoxy) is 1. The minimum atomic E-state index is -0.145. The van der Waals surface area contributed by atoms with Crippen LogP contribution in [0, 0.1) is 12.8 Å². The van der Waals surface area contributed by atoms with Gasteiger partial charge in [-0.2, -0.15) is 0 Å². The lowest BCUT2D eigenvalue weighted by molar-refractivity contribution is 0.0671. The summed E-state index contributed by atoms with van der Waals surface area (Å²) in [6.45, 7) is 4.32. The van der Waals surface area contributed by atoms with E-state index in [0.717, 1.165) is 41.8 Å². The van der Waals surface area contributed by atoms with E-state index >= 15 is 0 Å². The first kappa shape index (κ1) is 14.3. The van der Waals surface area contributed by atoms with Gasteiger partial charge in [0.25, 0.3) is 0 Å². The third kappa shape index (κ3) is 4.51. The fourth-order valence-electron chi connectivity index (χ4n) is 2.09. The fourth-order valence-corrected chi connectivity index (χ4v) is 2.33. The normalized spacial score (nSPS) is 16.1. The number of hydrogen-bond donors (Lipinski definition) is 2. The average molecular weight is 327 g/mol. The number of urea groups is 1. The predicted molar refractivity (Wildman–Crippen MR) is 79.4 cm³/mol. The van der Waals surface area contributed by atoms with E-state index in [1.54, 1.807) is 0 Å². The van der Waals surface area contributed by atoms with Crippen LogP contribution in [0.15, 0.2) is 22.7 Å². The molecule has 4 nitrogen and oxygen atoms in total. The van der Waals surface area contributed by atoms with Gasteiger partial charge in [0.1, 0.15) is 0 Å². The monoisotopic (exact) mass is 326 g/mol. The summed E-state index contributed by atoms with van der Waals surface area (Å²) in [5.41, 5.74) is 1.91. The second-order valence-electron chi connectivity index (χ2n) is 4.85. The molecule has 1 aliphatic heterocycles. The third-order valence-corrected chi connectivity index (χ3v) is 4.20. The molecule has 19 heavy (non-hydrogen) atoms. The van der Waals surface area contributed by atoms with Gasteiger partial charge in [-0.15, -0.1) is 0 Å². The molecule has 0 aliphatic carbocycles. The summed E-state index contributed by atoms with van der Waals surface area (Å²) in [5.74, 6) is 0.533. The van der Waals surface area contributed by atoms with Gasteiger partial charge in [0.15, 0.2) is 0 Å². The summed E-state index contributed by atoms with van der Waals surface area (Å²) in [4.78, 5) is 11.8. The molecule has 0 atom stereocenters. The average Bonchev–Trinajstić information content (AvgIpc) is 2.42. The molecule has 1 heterocycles. The molecule has 0 saturated carbocycles. The molecule has 2 rings (SSSR count). The van der Waals surface area contributed by atoms with Gasteiger partial charge in [0, 0.05) is 29.9 Å². The van der Waals surface area contributed by atoms with Crippen molar-refractivity contribution in [3.63, 3.8) is 0 Å². The molecular formula is C14H19BrN2O2. The second-order valence-corrected chi connectivity index (χ2v) is 5.71. The van der Waals surface area contributed by atoms with Crippen molar-refractivity contribution in [3.05, 3.63) is 28.2 Å². The summed E-state index contributed by atoms with van der Waals surface area (Å²) in [6.07, 6.45) is 2.05. The van der Waals surface area contributed by atoms with Gasteiger partial charge in [-0.3, -0.25) is 0 Å². The van der Waals surface area contributed by atoms with Crippen molar-refractivity contribution in [1.82, 2.24) is 5.32 Å². The summed E-state index contributed by atoms with van der Waals surface area (Å²) in [7, 11) is 0. The van der Waals surface area contributed by atoms with E-state index in [9.17, 15) is 4.79 Å². The van der Waals surface area contributed by atoms with E-state index in [1.807, 2.05) is 25.1 Å². The van der Waals surface area contributed by atoms with Crippen molar-refractivity contribution in [2.75, 3.05) is 25.1 Å². The lowest BCUT2D eigenvalue weighted by Crippen LogP contribution is -2.35. The van der Waals surface area contributed by atoms with Crippen LogP contribution >= 0.6 is 15.9 Å². The molecule has 0 spiro atoms. The Kier molecular flexibility index (Phi) is 5.22. The number of benzene rings is 1. The van der Waals surface area contributed by atoms with Crippen molar-refractivity contribution < 1.29 is 9.53 Å². The van der Waals surface area contributed by atoms with Gasteiger partial charge in [0.05, 0.1) is 0 Å². The van der Waals surface area contributed by atoms with Crippen LogP contribution in [0.1, 0.15) is 18.4 Å². The Balaban J connectivity index is 1.78. The molecule has 1 aliphatic rings. The van der Waals surface area contributed by atoms with Crippen LogP contribution in [0.2, 0.25) is 0 Å². The lowest BCUT2D eigenvalue weighted by atomic mass is 10.0. The van der Waals surface area contributed by atoms with Crippen molar-refractivity contribution in [2.45, 2.75) is 19.8 Å². The molecule has 104 valence electrons. The SMILES string of the molecule is Cc1cc(NC(=O)NCC2CCOCC2)ccc1Br. The number of amides is 2. The van der Waals surface area contributed by atoms with Gasteiger partial charge in [-0.25, -0.2) is 4.79 Å². The van der Waals surface area contributed by atoms with E-state index in [0.29, 0.717) is 12.5 Å². The Morgan fingerprint density at radius 2 is 2.16 bits per heavy atom. The summed E-state index contributed by atoms with van der Waals surface area (Å²) in [5, 5.41) is 5.77. The highest BCUT2D eigenvalue weighted by Gasteiger charge is 2.14. The molecule has 0 aromatic heterocycles.